The monoisotopic (exact) mass is 371 g/mol. The highest BCUT2D eigenvalue weighted by Gasteiger charge is 2.27. The van der Waals surface area contributed by atoms with Crippen LogP contribution in [-0.2, 0) is 16.0 Å². The van der Waals surface area contributed by atoms with E-state index in [1.54, 1.807) is 24.3 Å². The number of carbonyl (C=O) groups excluding carboxylic acids is 1. The Balaban J connectivity index is 1.96. The van der Waals surface area contributed by atoms with Crippen molar-refractivity contribution >= 4 is 11.7 Å². The Morgan fingerprint density at radius 2 is 2.07 bits per heavy atom. The van der Waals surface area contributed by atoms with Crippen LogP contribution in [0.25, 0.3) is 0 Å². The molecule has 27 heavy (non-hydrogen) atoms. The maximum Gasteiger partial charge on any atom is 0.351 e. The lowest BCUT2D eigenvalue weighted by Gasteiger charge is -2.19. The van der Waals surface area contributed by atoms with Crippen LogP contribution in [0.1, 0.15) is 17.2 Å². The van der Waals surface area contributed by atoms with Gasteiger partial charge in [-0.2, -0.15) is 0 Å². The van der Waals surface area contributed by atoms with E-state index in [9.17, 15) is 14.9 Å². The fourth-order valence-electron chi connectivity index (χ4n) is 2.67. The SMILES string of the molecule is C=CCc1cc([N+](=O)[O-])ccc1OC(C(=O)OC)c1ccc2c(c1)OCO2. The van der Waals surface area contributed by atoms with Gasteiger partial charge in [-0.15, -0.1) is 6.58 Å². The lowest BCUT2D eigenvalue weighted by Crippen LogP contribution is -2.20. The number of nitro benzene ring substituents is 1. The molecule has 0 fully saturated rings. The van der Waals surface area contributed by atoms with Crippen molar-refractivity contribution in [1.82, 2.24) is 0 Å². The van der Waals surface area contributed by atoms with Crippen LogP contribution in [0.4, 0.5) is 5.69 Å². The number of hydrogen-bond donors (Lipinski definition) is 0. The van der Waals surface area contributed by atoms with Crippen molar-refractivity contribution in [2.75, 3.05) is 13.9 Å². The zero-order valence-electron chi connectivity index (χ0n) is 14.5. The molecule has 0 N–H and O–H groups in total. The molecule has 8 nitrogen and oxygen atoms in total. The minimum absolute atomic E-state index is 0.0723. The van der Waals surface area contributed by atoms with E-state index >= 15 is 0 Å². The summed E-state index contributed by atoms with van der Waals surface area (Å²) in [7, 11) is 1.26. The molecule has 0 spiro atoms. The number of nitro groups is 1. The standard InChI is InChI=1S/C19H17NO7/c1-3-4-12-9-14(20(22)23)6-8-15(12)27-18(19(21)24-2)13-5-7-16-17(10-13)26-11-25-16/h3,5-10,18H,1,4,11H2,2H3. The highest BCUT2D eigenvalue weighted by atomic mass is 16.7. The van der Waals surface area contributed by atoms with Crippen LogP contribution < -0.4 is 14.2 Å². The molecule has 0 aromatic heterocycles. The number of nitrogens with zero attached hydrogens (tertiary/aromatic N) is 1. The van der Waals surface area contributed by atoms with E-state index in [1.807, 2.05) is 0 Å². The molecule has 1 aliphatic heterocycles. The summed E-state index contributed by atoms with van der Waals surface area (Å²) in [6.45, 7) is 3.76. The van der Waals surface area contributed by atoms with E-state index in [0.29, 0.717) is 34.8 Å². The van der Waals surface area contributed by atoms with E-state index in [-0.39, 0.29) is 12.5 Å². The quantitative estimate of drug-likeness (QED) is 0.319. The Kier molecular flexibility index (Phi) is 5.25. The Bertz CT molecular complexity index is 894. The Morgan fingerprint density at radius 1 is 1.30 bits per heavy atom. The van der Waals surface area contributed by atoms with Crippen molar-refractivity contribution < 1.29 is 28.7 Å². The average molecular weight is 371 g/mol. The number of esters is 1. The van der Waals surface area contributed by atoms with Crippen LogP contribution in [0.15, 0.2) is 49.1 Å². The number of fused-ring (bicyclic) bond motifs is 1. The summed E-state index contributed by atoms with van der Waals surface area (Å²) in [5.74, 6) is 0.787. The average Bonchev–Trinajstić information content (AvgIpc) is 3.14. The smallest absolute Gasteiger partial charge is 0.351 e. The molecule has 3 rings (SSSR count). The lowest BCUT2D eigenvalue weighted by molar-refractivity contribution is -0.384. The van der Waals surface area contributed by atoms with Crippen molar-refractivity contribution in [1.29, 1.82) is 0 Å². The van der Waals surface area contributed by atoms with Gasteiger partial charge in [-0.05, 0) is 24.6 Å². The first-order valence-corrected chi connectivity index (χ1v) is 8.05. The van der Waals surface area contributed by atoms with Crippen molar-refractivity contribution in [3.05, 3.63) is 70.3 Å². The van der Waals surface area contributed by atoms with E-state index in [4.69, 9.17) is 18.9 Å². The molecule has 1 heterocycles. The molecule has 0 amide bonds. The molecule has 0 saturated heterocycles. The van der Waals surface area contributed by atoms with E-state index < -0.39 is 17.0 Å². The molecule has 2 aromatic carbocycles. The van der Waals surface area contributed by atoms with Gasteiger partial charge in [0.25, 0.3) is 5.69 Å². The maximum atomic E-state index is 12.3. The predicted octanol–water partition coefficient (Wildman–Crippen LogP) is 3.35. The maximum absolute atomic E-state index is 12.3. The van der Waals surface area contributed by atoms with Crippen LogP contribution in [0, 0.1) is 10.1 Å². The number of ether oxygens (including phenoxy) is 4. The van der Waals surface area contributed by atoms with Gasteiger partial charge in [0.2, 0.25) is 12.9 Å². The second-order valence-electron chi connectivity index (χ2n) is 5.68. The van der Waals surface area contributed by atoms with Gasteiger partial charge in [0, 0.05) is 23.3 Å². The molecule has 0 bridgehead atoms. The molecule has 1 atom stereocenters. The Morgan fingerprint density at radius 3 is 2.78 bits per heavy atom. The molecular formula is C19H17NO7. The van der Waals surface area contributed by atoms with Crippen molar-refractivity contribution in [2.45, 2.75) is 12.5 Å². The van der Waals surface area contributed by atoms with Gasteiger partial charge in [0.15, 0.2) is 11.5 Å². The first-order chi connectivity index (χ1) is 13.0. The zero-order chi connectivity index (χ0) is 19.4. The van der Waals surface area contributed by atoms with Gasteiger partial charge in [-0.1, -0.05) is 12.1 Å². The number of rotatable bonds is 7. The number of carbonyl (C=O) groups is 1. The summed E-state index contributed by atoms with van der Waals surface area (Å²) in [5, 5.41) is 11.0. The van der Waals surface area contributed by atoms with Crippen LogP contribution in [0.3, 0.4) is 0 Å². The molecule has 1 unspecified atom stereocenters. The van der Waals surface area contributed by atoms with Gasteiger partial charge in [0.05, 0.1) is 12.0 Å². The largest absolute Gasteiger partial charge is 0.474 e. The Hall–Kier alpha value is -3.55. The second kappa shape index (κ2) is 7.77. The van der Waals surface area contributed by atoms with Crippen molar-refractivity contribution in [3.8, 4) is 17.2 Å². The van der Waals surface area contributed by atoms with Crippen LogP contribution >= 0.6 is 0 Å². The third kappa shape index (κ3) is 3.84. The van der Waals surface area contributed by atoms with Gasteiger partial charge >= 0.3 is 5.97 Å². The fraction of sp³-hybridized carbons (Fsp3) is 0.211. The molecule has 2 aromatic rings. The number of hydrogen-bond acceptors (Lipinski definition) is 7. The summed E-state index contributed by atoms with van der Waals surface area (Å²) in [6.07, 6.45) is 0.862. The number of non-ortho nitro benzene ring substituents is 1. The minimum Gasteiger partial charge on any atom is -0.474 e. The molecule has 0 saturated carbocycles. The van der Waals surface area contributed by atoms with Crippen LogP contribution in [0.2, 0.25) is 0 Å². The van der Waals surface area contributed by atoms with Gasteiger partial charge in [-0.25, -0.2) is 4.79 Å². The normalized spacial score (nSPS) is 12.9. The second-order valence-corrected chi connectivity index (χ2v) is 5.68. The first-order valence-electron chi connectivity index (χ1n) is 8.05. The van der Waals surface area contributed by atoms with Crippen LogP contribution in [-0.4, -0.2) is 24.8 Å². The van der Waals surface area contributed by atoms with E-state index in [1.165, 1.54) is 25.3 Å². The highest BCUT2D eigenvalue weighted by molar-refractivity contribution is 5.77. The summed E-state index contributed by atoms with van der Waals surface area (Å²) < 4.78 is 21.4. The topological polar surface area (TPSA) is 97.1 Å². The lowest BCUT2D eigenvalue weighted by atomic mass is 10.1. The van der Waals surface area contributed by atoms with E-state index in [0.717, 1.165) is 0 Å². The van der Waals surface area contributed by atoms with Crippen LogP contribution in [0.5, 0.6) is 17.2 Å². The fourth-order valence-corrected chi connectivity index (χ4v) is 2.67. The van der Waals surface area contributed by atoms with E-state index in [2.05, 4.69) is 6.58 Å². The molecule has 1 aliphatic rings. The number of benzene rings is 2. The predicted molar refractivity (Wildman–Crippen MR) is 94.9 cm³/mol. The summed E-state index contributed by atoms with van der Waals surface area (Å²) in [6, 6.07) is 9.16. The van der Waals surface area contributed by atoms with Crippen molar-refractivity contribution in [3.63, 3.8) is 0 Å². The zero-order valence-corrected chi connectivity index (χ0v) is 14.5. The molecule has 0 aliphatic carbocycles. The summed E-state index contributed by atoms with van der Waals surface area (Å²) in [4.78, 5) is 22.8. The highest BCUT2D eigenvalue weighted by Crippen LogP contribution is 2.36. The van der Waals surface area contributed by atoms with Gasteiger partial charge in [-0.3, -0.25) is 10.1 Å². The van der Waals surface area contributed by atoms with Crippen molar-refractivity contribution in [2.24, 2.45) is 0 Å². The molecule has 8 heteroatoms. The molecular weight excluding hydrogens is 354 g/mol. The third-order valence-corrected chi connectivity index (χ3v) is 3.98. The van der Waals surface area contributed by atoms with Gasteiger partial charge in [0.1, 0.15) is 5.75 Å². The molecule has 140 valence electrons. The number of methoxy groups -OCH3 is 1. The molecule has 0 radical (unpaired) electrons. The minimum atomic E-state index is -1.07. The summed E-state index contributed by atoms with van der Waals surface area (Å²) in [5.41, 5.74) is 0.972. The third-order valence-electron chi connectivity index (χ3n) is 3.98. The summed E-state index contributed by atoms with van der Waals surface area (Å²) >= 11 is 0. The van der Waals surface area contributed by atoms with Gasteiger partial charge < -0.3 is 18.9 Å². The number of allylic oxidation sites excluding steroid dienone is 1. The Labute approximate surface area is 155 Å². The first kappa shape index (κ1) is 18.2.